The minimum Gasteiger partial charge on any atom is -0.339 e. The molecule has 3 rings (SSSR count). The van der Waals surface area contributed by atoms with E-state index in [1.165, 1.54) is 0 Å². The molecule has 0 atom stereocenters. The molecule has 0 spiro atoms. The smallest absolute Gasteiger partial charge is 0.246 e. The number of hydrogen-bond acceptors (Lipinski definition) is 2. The number of amides is 2. The van der Waals surface area contributed by atoms with Crippen LogP contribution in [0, 0.1) is 5.92 Å². The molecule has 0 saturated carbocycles. The van der Waals surface area contributed by atoms with Crippen LogP contribution in [0.5, 0.6) is 0 Å². The highest BCUT2D eigenvalue weighted by Gasteiger charge is 2.29. The van der Waals surface area contributed by atoms with Gasteiger partial charge in [0, 0.05) is 43.2 Å². The Morgan fingerprint density at radius 2 is 1.72 bits per heavy atom. The molecule has 1 aliphatic rings. The van der Waals surface area contributed by atoms with Crippen LogP contribution >= 0.6 is 11.6 Å². The van der Waals surface area contributed by atoms with Gasteiger partial charge in [-0.25, -0.2) is 0 Å². The maximum atomic E-state index is 13.0. The highest BCUT2D eigenvalue weighted by Crippen LogP contribution is 2.23. The maximum Gasteiger partial charge on any atom is 0.246 e. The fraction of sp³-hybridized carbons (Fsp3) is 0.333. The lowest BCUT2D eigenvalue weighted by molar-refractivity contribution is -0.139. The van der Waals surface area contributed by atoms with Crippen LogP contribution in [-0.4, -0.2) is 41.2 Å². The molecule has 2 aromatic rings. The fourth-order valence-corrected chi connectivity index (χ4v) is 3.82. The zero-order valence-electron chi connectivity index (χ0n) is 16.8. The standard InChI is InChI=1S/C24H27ClN2O2/c1-2-26(18-21-10-6-7-11-22(21)25)24(29)20-14-16-27(17-15-20)23(28)13-12-19-8-4-3-5-9-19/h3-13,20H,2,14-18H2,1H3/b13-12+. The molecular formula is C24H27ClN2O2. The van der Waals surface area contributed by atoms with Gasteiger partial charge in [-0.05, 0) is 43.0 Å². The molecule has 1 fully saturated rings. The molecule has 29 heavy (non-hydrogen) atoms. The molecule has 2 amide bonds. The Morgan fingerprint density at radius 1 is 1.07 bits per heavy atom. The summed E-state index contributed by atoms with van der Waals surface area (Å²) in [4.78, 5) is 29.1. The monoisotopic (exact) mass is 410 g/mol. The Hall–Kier alpha value is -2.59. The van der Waals surface area contributed by atoms with Crippen molar-refractivity contribution in [3.63, 3.8) is 0 Å². The van der Waals surface area contributed by atoms with Crippen LogP contribution in [0.3, 0.4) is 0 Å². The second-order valence-corrected chi connectivity index (χ2v) is 7.69. The van der Waals surface area contributed by atoms with Crippen LogP contribution in [0.1, 0.15) is 30.9 Å². The molecule has 0 unspecified atom stereocenters. The summed E-state index contributed by atoms with van der Waals surface area (Å²) in [6.07, 6.45) is 4.85. The highest BCUT2D eigenvalue weighted by atomic mass is 35.5. The Balaban J connectivity index is 1.53. The van der Waals surface area contributed by atoms with Crippen LogP contribution in [0.2, 0.25) is 5.02 Å². The van der Waals surface area contributed by atoms with Crippen molar-refractivity contribution in [2.75, 3.05) is 19.6 Å². The van der Waals surface area contributed by atoms with E-state index in [9.17, 15) is 9.59 Å². The number of carbonyl (C=O) groups excluding carboxylic acids is 2. The highest BCUT2D eigenvalue weighted by molar-refractivity contribution is 6.31. The summed E-state index contributed by atoms with van der Waals surface area (Å²) in [6, 6.07) is 17.4. The third-order valence-electron chi connectivity index (χ3n) is 5.39. The van der Waals surface area contributed by atoms with Gasteiger partial charge in [-0.15, -0.1) is 0 Å². The van der Waals surface area contributed by atoms with Gasteiger partial charge in [-0.3, -0.25) is 9.59 Å². The lowest BCUT2D eigenvalue weighted by Crippen LogP contribution is -2.43. The van der Waals surface area contributed by atoms with E-state index >= 15 is 0 Å². The Labute approximate surface area is 177 Å². The van der Waals surface area contributed by atoms with Crippen molar-refractivity contribution in [2.45, 2.75) is 26.3 Å². The molecule has 1 heterocycles. The van der Waals surface area contributed by atoms with Gasteiger partial charge in [0.2, 0.25) is 11.8 Å². The molecule has 4 nitrogen and oxygen atoms in total. The van der Waals surface area contributed by atoms with Crippen molar-refractivity contribution < 1.29 is 9.59 Å². The van der Waals surface area contributed by atoms with Crippen molar-refractivity contribution in [1.82, 2.24) is 9.80 Å². The van der Waals surface area contributed by atoms with E-state index in [4.69, 9.17) is 11.6 Å². The first-order valence-corrected chi connectivity index (χ1v) is 10.5. The lowest BCUT2D eigenvalue weighted by atomic mass is 9.95. The first-order valence-electron chi connectivity index (χ1n) is 10.1. The van der Waals surface area contributed by atoms with Crippen molar-refractivity contribution >= 4 is 29.5 Å². The SMILES string of the molecule is CCN(Cc1ccccc1Cl)C(=O)C1CCN(C(=O)/C=C/c2ccccc2)CC1. The van der Waals surface area contributed by atoms with E-state index in [-0.39, 0.29) is 17.7 Å². The normalized spacial score (nSPS) is 14.9. The minimum absolute atomic E-state index is 0.00293. The molecule has 152 valence electrons. The molecule has 1 aliphatic heterocycles. The molecule has 0 bridgehead atoms. The van der Waals surface area contributed by atoms with Crippen LogP contribution < -0.4 is 0 Å². The Bertz CT molecular complexity index is 858. The maximum absolute atomic E-state index is 13.0. The van der Waals surface area contributed by atoms with Gasteiger partial charge in [0.15, 0.2) is 0 Å². The van der Waals surface area contributed by atoms with Crippen molar-refractivity contribution in [3.8, 4) is 0 Å². The molecule has 0 radical (unpaired) electrons. The predicted octanol–water partition coefficient (Wildman–Crippen LogP) is 4.64. The first-order chi connectivity index (χ1) is 14.1. The number of piperidine rings is 1. The molecule has 0 aromatic heterocycles. The van der Waals surface area contributed by atoms with Gasteiger partial charge in [-0.2, -0.15) is 0 Å². The van der Waals surface area contributed by atoms with E-state index < -0.39 is 0 Å². The average molecular weight is 411 g/mol. The zero-order valence-corrected chi connectivity index (χ0v) is 17.5. The quantitative estimate of drug-likeness (QED) is 0.651. The summed E-state index contributed by atoms with van der Waals surface area (Å²) in [7, 11) is 0. The second-order valence-electron chi connectivity index (χ2n) is 7.29. The number of likely N-dealkylation sites (tertiary alicyclic amines) is 1. The number of halogens is 1. The summed E-state index contributed by atoms with van der Waals surface area (Å²) in [5.41, 5.74) is 1.96. The van der Waals surface area contributed by atoms with E-state index in [0.29, 0.717) is 44.0 Å². The third-order valence-corrected chi connectivity index (χ3v) is 5.75. The van der Waals surface area contributed by atoms with Gasteiger partial charge >= 0.3 is 0 Å². The van der Waals surface area contributed by atoms with Gasteiger partial charge in [0.25, 0.3) is 0 Å². The average Bonchev–Trinajstić information content (AvgIpc) is 2.77. The summed E-state index contributed by atoms with van der Waals surface area (Å²) >= 11 is 6.26. The van der Waals surface area contributed by atoms with Crippen molar-refractivity contribution in [2.24, 2.45) is 5.92 Å². The zero-order chi connectivity index (χ0) is 20.6. The van der Waals surface area contributed by atoms with E-state index in [1.54, 1.807) is 6.08 Å². The van der Waals surface area contributed by atoms with Crippen molar-refractivity contribution in [1.29, 1.82) is 0 Å². The number of rotatable bonds is 6. The van der Waals surface area contributed by atoms with Crippen LogP contribution in [0.4, 0.5) is 0 Å². The summed E-state index contributed by atoms with van der Waals surface area (Å²) in [5.74, 6) is 0.113. The summed E-state index contributed by atoms with van der Waals surface area (Å²) in [6.45, 7) is 4.37. The predicted molar refractivity (Wildman–Crippen MR) is 117 cm³/mol. The van der Waals surface area contributed by atoms with Gasteiger partial charge in [0.05, 0.1) is 0 Å². The third kappa shape index (κ3) is 5.70. The fourth-order valence-electron chi connectivity index (χ4n) is 3.62. The number of nitrogens with zero attached hydrogens (tertiary/aromatic N) is 2. The van der Waals surface area contributed by atoms with E-state index in [2.05, 4.69) is 0 Å². The molecule has 0 N–H and O–H groups in total. The lowest BCUT2D eigenvalue weighted by Gasteiger charge is -2.33. The number of carbonyl (C=O) groups is 2. The molecule has 5 heteroatoms. The number of benzene rings is 2. The topological polar surface area (TPSA) is 40.6 Å². The first kappa shape index (κ1) is 21.1. The number of hydrogen-bond donors (Lipinski definition) is 0. The van der Waals surface area contributed by atoms with E-state index in [0.717, 1.165) is 11.1 Å². The van der Waals surface area contributed by atoms with E-state index in [1.807, 2.05) is 77.4 Å². The Kier molecular flexibility index (Phi) is 7.48. The van der Waals surface area contributed by atoms with Gasteiger partial charge in [0.1, 0.15) is 0 Å². The summed E-state index contributed by atoms with van der Waals surface area (Å²) in [5, 5.41) is 0.685. The van der Waals surface area contributed by atoms with Crippen LogP contribution in [0.25, 0.3) is 6.08 Å². The van der Waals surface area contributed by atoms with Gasteiger partial charge in [-0.1, -0.05) is 60.1 Å². The van der Waals surface area contributed by atoms with Gasteiger partial charge < -0.3 is 9.80 Å². The van der Waals surface area contributed by atoms with Crippen molar-refractivity contribution in [3.05, 3.63) is 76.8 Å². The molecule has 2 aromatic carbocycles. The van der Waals surface area contributed by atoms with Crippen LogP contribution in [0.15, 0.2) is 60.7 Å². The minimum atomic E-state index is -0.0420. The summed E-state index contributed by atoms with van der Waals surface area (Å²) < 4.78 is 0. The molecule has 0 aliphatic carbocycles. The molecule has 1 saturated heterocycles. The second kappa shape index (κ2) is 10.3. The molecular weight excluding hydrogens is 384 g/mol. The van der Waals surface area contributed by atoms with Crippen LogP contribution in [-0.2, 0) is 16.1 Å². The Morgan fingerprint density at radius 3 is 2.38 bits per heavy atom. The largest absolute Gasteiger partial charge is 0.339 e.